The maximum Gasteiger partial charge on any atom is 0.134 e. The van der Waals surface area contributed by atoms with Crippen LogP contribution in [0.1, 0.15) is 39.0 Å². The van der Waals surface area contributed by atoms with Crippen molar-refractivity contribution in [3.8, 4) is 0 Å². The second-order valence-corrected chi connectivity index (χ2v) is 5.07. The third kappa shape index (κ3) is 4.06. The van der Waals surface area contributed by atoms with Gasteiger partial charge in [-0.25, -0.2) is 9.97 Å². The molecule has 106 valence electrons. The van der Waals surface area contributed by atoms with Gasteiger partial charge in [0.2, 0.25) is 0 Å². The van der Waals surface area contributed by atoms with Crippen molar-refractivity contribution in [2.24, 2.45) is 0 Å². The van der Waals surface area contributed by atoms with Gasteiger partial charge in [-0.15, -0.1) is 0 Å². The van der Waals surface area contributed by atoms with E-state index in [4.69, 9.17) is 5.11 Å². The first-order valence-electron chi connectivity index (χ1n) is 7.28. The Morgan fingerprint density at radius 3 is 2.79 bits per heavy atom. The molecule has 1 aromatic rings. The van der Waals surface area contributed by atoms with Crippen molar-refractivity contribution < 1.29 is 5.11 Å². The minimum Gasteiger partial charge on any atom is -0.396 e. The summed E-state index contributed by atoms with van der Waals surface area (Å²) in [7, 11) is 0. The third-order valence-electron chi connectivity index (χ3n) is 3.66. The van der Waals surface area contributed by atoms with Crippen LogP contribution in [0.15, 0.2) is 12.4 Å². The van der Waals surface area contributed by atoms with Gasteiger partial charge < -0.3 is 15.3 Å². The summed E-state index contributed by atoms with van der Waals surface area (Å²) < 4.78 is 0. The molecule has 2 heterocycles. The van der Waals surface area contributed by atoms with E-state index in [1.54, 1.807) is 6.33 Å². The van der Waals surface area contributed by atoms with Crippen LogP contribution in [-0.4, -0.2) is 40.8 Å². The predicted octanol–water partition coefficient (Wildman–Crippen LogP) is 2.04. The molecule has 0 bridgehead atoms. The molecule has 2 rings (SSSR count). The first-order chi connectivity index (χ1) is 9.33. The Morgan fingerprint density at radius 2 is 2.11 bits per heavy atom. The molecule has 1 aliphatic heterocycles. The second kappa shape index (κ2) is 7.28. The van der Waals surface area contributed by atoms with E-state index in [1.165, 1.54) is 19.3 Å². The van der Waals surface area contributed by atoms with Crippen molar-refractivity contribution in [1.82, 2.24) is 9.97 Å². The van der Waals surface area contributed by atoms with Gasteiger partial charge in [0.25, 0.3) is 0 Å². The Balaban J connectivity index is 2.01. The topological polar surface area (TPSA) is 61.3 Å². The van der Waals surface area contributed by atoms with Gasteiger partial charge in [0.1, 0.15) is 18.0 Å². The number of aliphatic hydroxyl groups excluding tert-OH is 1. The van der Waals surface area contributed by atoms with Crippen LogP contribution in [0.3, 0.4) is 0 Å². The first kappa shape index (κ1) is 14.1. The molecule has 2 N–H and O–H groups in total. The molecule has 5 nitrogen and oxygen atoms in total. The first-order valence-corrected chi connectivity index (χ1v) is 7.28. The van der Waals surface area contributed by atoms with Crippen LogP contribution in [0.5, 0.6) is 0 Å². The highest BCUT2D eigenvalue weighted by Gasteiger charge is 2.13. The maximum absolute atomic E-state index is 9.02. The fourth-order valence-electron chi connectivity index (χ4n) is 2.47. The number of hydrogen-bond acceptors (Lipinski definition) is 5. The summed E-state index contributed by atoms with van der Waals surface area (Å²) in [5.74, 6) is 1.87. The molecule has 0 aliphatic carbocycles. The van der Waals surface area contributed by atoms with Crippen molar-refractivity contribution >= 4 is 11.6 Å². The molecule has 1 saturated heterocycles. The third-order valence-corrected chi connectivity index (χ3v) is 3.66. The standard InChI is InChI=1S/C14H24N4O/c1-2-12(6-9-19)17-13-10-14(16-11-15-13)18-7-4-3-5-8-18/h10-12,19H,2-9H2,1H3,(H,15,16,17). The summed E-state index contributed by atoms with van der Waals surface area (Å²) in [6.07, 6.45) is 7.16. The van der Waals surface area contributed by atoms with Crippen LogP contribution < -0.4 is 10.2 Å². The molecule has 5 heteroatoms. The molecule has 1 aliphatic rings. The smallest absolute Gasteiger partial charge is 0.134 e. The van der Waals surface area contributed by atoms with Crippen LogP contribution in [0, 0.1) is 0 Å². The largest absolute Gasteiger partial charge is 0.396 e. The summed E-state index contributed by atoms with van der Waals surface area (Å²) in [6.45, 7) is 4.49. The van der Waals surface area contributed by atoms with Gasteiger partial charge in [0.15, 0.2) is 0 Å². The van der Waals surface area contributed by atoms with E-state index in [-0.39, 0.29) is 12.6 Å². The summed E-state index contributed by atoms with van der Waals surface area (Å²) in [5.41, 5.74) is 0. The highest BCUT2D eigenvalue weighted by molar-refractivity contribution is 5.49. The number of nitrogens with one attached hydrogen (secondary N) is 1. The molecule has 1 atom stereocenters. The zero-order valence-electron chi connectivity index (χ0n) is 11.7. The van der Waals surface area contributed by atoms with Crippen LogP contribution in [0.2, 0.25) is 0 Å². The van der Waals surface area contributed by atoms with Crippen molar-refractivity contribution in [1.29, 1.82) is 0 Å². The van der Waals surface area contributed by atoms with E-state index in [0.29, 0.717) is 0 Å². The van der Waals surface area contributed by atoms with Crippen LogP contribution in [-0.2, 0) is 0 Å². The Labute approximate surface area is 115 Å². The monoisotopic (exact) mass is 264 g/mol. The lowest BCUT2D eigenvalue weighted by Crippen LogP contribution is -2.30. The Bertz CT molecular complexity index is 379. The van der Waals surface area contributed by atoms with Crippen molar-refractivity contribution in [2.75, 3.05) is 29.9 Å². The number of aromatic nitrogens is 2. The normalized spacial score (nSPS) is 17.3. The highest BCUT2D eigenvalue weighted by atomic mass is 16.3. The van der Waals surface area contributed by atoms with Crippen LogP contribution >= 0.6 is 0 Å². The summed E-state index contributed by atoms with van der Waals surface area (Å²) in [5, 5.41) is 12.4. The average molecular weight is 264 g/mol. The number of aliphatic hydroxyl groups is 1. The minimum absolute atomic E-state index is 0.204. The summed E-state index contributed by atoms with van der Waals surface area (Å²) >= 11 is 0. The molecular formula is C14H24N4O. The second-order valence-electron chi connectivity index (χ2n) is 5.07. The highest BCUT2D eigenvalue weighted by Crippen LogP contribution is 2.19. The van der Waals surface area contributed by atoms with E-state index in [0.717, 1.165) is 37.6 Å². The Morgan fingerprint density at radius 1 is 1.32 bits per heavy atom. The van der Waals surface area contributed by atoms with Gasteiger partial charge in [-0.2, -0.15) is 0 Å². The number of piperidine rings is 1. The van der Waals surface area contributed by atoms with Gasteiger partial charge in [-0.1, -0.05) is 6.92 Å². The lowest BCUT2D eigenvalue weighted by Gasteiger charge is -2.28. The van der Waals surface area contributed by atoms with Gasteiger partial charge >= 0.3 is 0 Å². The van der Waals surface area contributed by atoms with Crippen LogP contribution in [0.25, 0.3) is 0 Å². The fraction of sp³-hybridized carbons (Fsp3) is 0.714. The molecule has 1 aromatic heterocycles. The minimum atomic E-state index is 0.204. The lowest BCUT2D eigenvalue weighted by atomic mass is 10.1. The molecule has 0 spiro atoms. The van der Waals surface area contributed by atoms with E-state index in [9.17, 15) is 0 Å². The zero-order chi connectivity index (χ0) is 13.5. The quantitative estimate of drug-likeness (QED) is 0.823. The molecular weight excluding hydrogens is 240 g/mol. The molecule has 1 unspecified atom stereocenters. The summed E-state index contributed by atoms with van der Waals surface area (Å²) in [6, 6.07) is 2.29. The van der Waals surface area contributed by atoms with Crippen molar-refractivity contribution in [3.05, 3.63) is 12.4 Å². The van der Waals surface area contributed by atoms with Crippen LogP contribution in [0.4, 0.5) is 11.6 Å². The van der Waals surface area contributed by atoms with Gasteiger partial charge in [-0.3, -0.25) is 0 Å². The van der Waals surface area contributed by atoms with E-state index in [1.807, 2.05) is 6.07 Å². The number of hydrogen-bond donors (Lipinski definition) is 2. The number of anilines is 2. The van der Waals surface area contributed by atoms with Gasteiger partial charge in [0.05, 0.1) is 0 Å². The molecule has 0 amide bonds. The number of rotatable bonds is 6. The van der Waals surface area contributed by atoms with Gasteiger partial charge in [-0.05, 0) is 32.1 Å². The lowest BCUT2D eigenvalue weighted by molar-refractivity contribution is 0.278. The predicted molar refractivity (Wildman–Crippen MR) is 77.5 cm³/mol. The van der Waals surface area contributed by atoms with Gasteiger partial charge in [0, 0.05) is 31.8 Å². The summed E-state index contributed by atoms with van der Waals surface area (Å²) in [4.78, 5) is 11.0. The maximum atomic E-state index is 9.02. The SMILES string of the molecule is CCC(CCO)Nc1cc(N2CCCCC2)ncn1. The molecule has 0 saturated carbocycles. The van der Waals surface area contributed by atoms with E-state index in [2.05, 4.69) is 27.1 Å². The molecule has 0 aromatic carbocycles. The Kier molecular flexibility index (Phi) is 5.39. The van der Waals surface area contributed by atoms with E-state index < -0.39 is 0 Å². The number of nitrogens with zero attached hydrogens (tertiary/aromatic N) is 3. The van der Waals surface area contributed by atoms with Crippen molar-refractivity contribution in [3.63, 3.8) is 0 Å². The molecule has 0 radical (unpaired) electrons. The van der Waals surface area contributed by atoms with E-state index >= 15 is 0 Å². The zero-order valence-corrected chi connectivity index (χ0v) is 11.7. The average Bonchev–Trinajstić information content (AvgIpc) is 2.48. The molecule has 19 heavy (non-hydrogen) atoms. The molecule has 1 fully saturated rings. The Hall–Kier alpha value is -1.36. The van der Waals surface area contributed by atoms with Crippen molar-refractivity contribution in [2.45, 2.75) is 45.1 Å². The fourth-order valence-corrected chi connectivity index (χ4v) is 2.47.